The van der Waals surface area contributed by atoms with E-state index in [9.17, 15) is 0 Å². The van der Waals surface area contributed by atoms with Gasteiger partial charge in [0, 0.05) is 13.2 Å². The monoisotopic (exact) mass is 155 g/mol. The molecule has 0 saturated heterocycles. The van der Waals surface area contributed by atoms with Crippen LogP contribution < -0.4 is 5.73 Å². The van der Waals surface area contributed by atoms with Gasteiger partial charge in [-0.25, -0.2) is 0 Å². The van der Waals surface area contributed by atoms with Crippen LogP contribution in [0.3, 0.4) is 0 Å². The Bertz CT molecular complexity index is 160. The van der Waals surface area contributed by atoms with Crippen molar-refractivity contribution in [3.63, 3.8) is 0 Å². The van der Waals surface area contributed by atoms with Gasteiger partial charge in [-0.05, 0) is 31.1 Å². The summed E-state index contributed by atoms with van der Waals surface area (Å²) in [5.41, 5.74) is 6.41. The van der Waals surface area contributed by atoms with Gasteiger partial charge in [-0.2, -0.15) is 0 Å². The third-order valence-electron chi connectivity index (χ3n) is 3.42. The summed E-state index contributed by atoms with van der Waals surface area (Å²) in [6.45, 7) is 0. The summed E-state index contributed by atoms with van der Waals surface area (Å²) < 4.78 is 5.36. The average molecular weight is 155 g/mol. The van der Waals surface area contributed by atoms with Gasteiger partial charge in [0.15, 0.2) is 0 Å². The van der Waals surface area contributed by atoms with Gasteiger partial charge >= 0.3 is 0 Å². The Morgan fingerprint density at radius 3 is 2.73 bits per heavy atom. The van der Waals surface area contributed by atoms with Crippen LogP contribution >= 0.6 is 0 Å². The maximum atomic E-state index is 5.89. The van der Waals surface area contributed by atoms with E-state index in [1.165, 1.54) is 32.1 Å². The van der Waals surface area contributed by atoms with Crippen molar-refractivity contribution in [2.75, 3.05) is 7.11 Å². The lowest BCUT2D eigenvalue weighted by Crippen LogP contribution is -2.27. The van der Waals surface area contributed by atoms with Crippen LogP contribution in [0.15, 0.2) is 0 Å². The third-order valence-corrected chi connectivity index (χ3v) is 3.42. The highest BCUT2D eigenvalue weighted by atomic mass is 16.5. The van der Waals surface area contributed by atoms with Gasteiger partial charge in [-0.15, -0.1) is 0 Å². The van der Waals surface area contributed by atoms with Crippen molar-refractivity contribution in [2.24, 2.45) is 11.1 Å². The van der Waals surface area contributed by atoms with Gasteiger partial charge in [0.2, 0.25) is 0 Å². The molecule has 0 amide bonds. The minimum atomic E-state index is 0.487. The summed E-state index contributed by atoms with van der Waals surface area (Å²) in [6.07, 6.45) is 6.85. The highest BCUT2D eigenvalue weighted by Gasteiger charge is 2.53. The molecule has 2 nitrogen and oxygen atoms in total. The predicted octanol–water partition coefficient (Wildman–Crippen LogP) is 1.29. The zero-order valence-electron chi connectivity index (χ0n) is 7.18. The normalized spacial score (nSPS) is 49.6. The Balaban J connectivity index is 1.94. The van der Waals surface area contributed by atoms with Crippen molar-refractivity contribution in [3.05, 3.63) is 0 Å². The molecule has 11 heavy (non-hydrogen) atoms. The van der Waals surface area contributed by atoms with Crippen LogP contribution in [0.4, 0.5) is 0 Å². The van der Waals surface area contributed by atoms with Crippen molar-refractivity contribution in [1.82, 2.24) is 0 Å². The van der Waals surface area contributed by atoms with Crippen LogP contribution in [-0.2, 0) is 4.74 Å². The molecule has 2 N–H and O–H groups in total. The van der Waals surface area contributed by atoms with Gasteiger partial charge in [-0.3, -0.25) is 0 Å². The molecule has 2 aliphatic rings. The van der Waals surface area contributed by atoms with Crippen LogP contribution in [0.2, 0.25) is 0 Å². The van der Waals surface area contributed by atoms with Gasteiger partial charge in [-0.1, -0.05) is 6.42 Å². The van der Waals surface area contributed by atoms with E-state index in [-0.39, 0.29) is 0 Å². The highest BCUT2D eigenvalue weighted by Crippen LogP contribution is 2.55. The molecule has 0 radical (unpaired) electrons. The number of ether oxygens (including phenoxy) is 1. The molecule has 2 saturated carbocycles. The lowest BCUT2D eigenvalue weighted by Gasteiger charge is -2.28. The molecule has 0 aliphatic heterocycles. The first kappa shape index (κ1) is 7.56. The first-order chi connectivity index (χ1) is 5.27. The van der Waals surface area contributed by atoms with Crippen molar-refractivity contribution < 1.29 is 4.74 Å². The fraction of sp³-hybridized carbons (Fsp3) is 1.00. The minimum absolute atomic E-state index is 0.487. The second-order valence-corrected chi connectivity index (χ2v) is 4.13. The molecule has 0 aromatic carbocycles. The van der Waals surface area contributed by atoms with Crippen molar-refractivity contribution in [3.8, 4) is 0 Å². The number of methoxy groups -OCH3 is 1. The maximum Gasteiger partial charge on any atom is 0.0577 e. The van der Waals surface area contributed by atoms with Gasteiger partial charge in [0.25, 0.3) is 0 Å². The van der Waals surface area contributed by atoms with Gasteiger partial charge in [0.1, 0.15) is 0 Å². The molecule has 2 rings (SSSR count). The van der Waals surface area contributed by atoms with E-state index in [0.717, 1.165) is 0 Å². The topological polar surface area (TPSA) is 35.2 Å². The highest BCUT2D eigenvalue weighted by molar-refractivity contribution is 5.08. The van der Waals surface area contributed by atoms with Crippen molar-refractivity contribution in [2.45, 2.75) is 44.2 Å². The molecule has 3 atom stereocenters. The third kappa shape index (κ3) is 1.18. The number of nitrogens with two attached hydrogens (primary N) is 1. The Labute approximate surface area is 68.1 Å². The van der Waals surface area contributed by atoms with Crippen LogP contribution in [0.25, 0.3) is 0 Å². The quantitative estimate of drug-likeness (QED) is 0.619. The van der Waals surface area contributed by atoms with E-state index in [2.05, 4.69) is 0 Å². The Kier molecular flexibility index (Phi) is 1.69. The van der Waals surface area contributed by atoms with Gasteiger partial charge < -0.3 is 10.5 Å². The number of hydrogen-bond acceptors (Lipinski definition) is 2. The largest absolute Gasteiger partial charge is 0.381 e. The first-order valence-electron chi connectivity index (χ1n) is 4.55. The SMILES string of the molecule is COC1CCCC2(C1)CC2N. The molecule has 0 heterocycles. The molecule has 1 spiro atoms. The fourth-order valence-corrected chi connectivity index (χ4v) is 2.44. The molecular weight excluding hydrogens is 138 g/mol. The fourth-order valence-electron chi connectivity index (χ4n) is 2.44. The molecule has 64 valence electrons. The predicted molar refractivity (Wildman–Crippen MR) is 44.3 cm³/mol. The van der Waals surface area contributed by atoms with Crippen molar-refractivity contribution in [1.29, 1.82) is 0 Å². The molecular formula is C9H17NO. The summed E-state index contributed by atoms with van der Waals surface area (Å²) >= 11 is 0. The van der Waals surface area contributed by atoms with E-state index < -0.39 is 0 Å². The van der Waals surface area contributed by atoms with E-state index >= 15 is 0 Å². The second kappa shape index (κ2) is 2.46. The summed E-state index contributed by atoms with van der Waals surface area (Å²) in [7, 11) is 1.82. The van der Waals surface area contributed by atoms with E-state index in [4.69, 9.17) is 10.5 Å². The Hall–Kier alpha value is -0.0800. The molecule has 3 unspecified atom stereocenters. The smallest absolute Gasteiger partial charge is 0.0577 e. The second-order valence-electron chi connectivity index (χ2n) is 4.13. The number of hydrogen-bond donors (Lipinski definition) is 1. The molecule has 0 aromatic rings. The zero-order valence-corrected chi connectivity index (χ0v) is 7.18. The average Bonchev–Trinajstić information content (AvgIpc) is 2.61. The molecule has 2 fully saturated rings. The summed E-state index contributed by atoms with van der Waals surface area (Å²) in [6, 6.07) is 0.487. The summed E-state index contributed by atoms with van der Waals surface area (Å²) in [5, 5.41) is 0. The standard InChI is InChI=1S/C9H17NO/c1-11-7-3-2-4-9(5-7)6-8(9)10/h7-8H,2-6,10H2,1H3. The molecule has 2 aliphatic carbocycles. The van der Waals surface area contributed by atoms with Crippen LogP contribution in [0.1, 0.15) is 32.1 Å². The number of rotatable bonds is 1. The van der Waals surface area contributed by atoms with Crippen molar-refractivity contribution >= 4 is 0 Å². The maximum absolute atomic E-state index is 5.89. The Morgan fingerprint density at radius 2 is 2.18 bits per heavy atom. The van der Waals surface area contributed by atoms with E-state index in [1.807, 2.05) is 7.11 Å². The molecule has 0 aromatic heterocycles. The van der Waals surface area contributed by atoms with Crippen LogP contribution in [0, 0.1) is 5.41 Å². The first-order valence-corrected chi connectivity index (χ1v) is 4.55. The zero-order chi connectivity index (χ0) is 7.90. The lowest BCUT2D eigenvalue weighted by molar-refractivity contribution is 0.0432. The van der Waals surface area contributed by atoms with Gasteiger partial charge in [0.05, 0.1) is 6.10 Å². The minimum Gasteiger partial charge on any atom is -0.381 e. The Morgan fingerprint density at radius 1 is 1.45 bits per heavy atom. The molecule has 2 heteroatoms. The van der Waals surface area contributed by atoms with E-state index in [1.54, 1.807) is 0 Å². The van der Waals surface area contributed by atoms with E-state index in [0.29, 0.717) is 17.6 Å². The molecule has 0 bridgehead atoms. The van der Waals surface area contributed by atoms with Crippen LogP contribution in [0.5, 0.6) is 0 Å². The summed E-state index contributed by atoms with van der Waals surface area (Å²) in [4.78, 5) is 0. The van der Waals surface area contributed by atoms with Crippen LogP contribution in [-0.4, -0.2) is 19.3 Å². The summed E-state index contributed by atoms with van der Waals surface area (Å²) in [5.74, 6) is 0. The lowest BCUT2D eigenvalue weighted by atomic mass is 9.84.